The molecule has 2 heterocycles. The van der Waals surface area contributed by atoms with Gasteiger partial charge in [-0.25, -0.2) is 0 Å². The van der Waals surface area contributed by atoms with Gasteiger partial charge in [-0.2, -0.15) is 0 Å². The third kappa shape index (κ3) is 4.17. The van der Waals surface area contributed by atoms with Crippen LogP contribution in [-0.2, 0) is 0 Å². The minimum Gasteiger partial charge on any atom is -0.368 e. The first-order chi connectivity index (χ1) is 12.1. The molecule has 2 aromatic rings. The third-order valence-corrected chi connectivity index (χ3v) is 4.94. The maximum atomic E-state index is 12.6. The molecule has 1 aliphatic heterocycles. The number of likely N-dealkylation sites (N-methyl/N-ethyl adjacent to an activating group) is 1. The number of aromatic nitrogens is 1. The number of rotatable bonds is 4. The monoisotopic (exact) mass is 338 g/mol. The van der Waals surface area contributed by atoms with Crippen molar-refractivity contribution in [2.24, 2.45) is 0 Å². The Labute approximate surface area is 149 Å². The van der Waals surface area contributed by atoms with Crippen LogP contribution in [0.2, 0.25) is 0 Å². The highest BCUT2D eigenvalue weighted by Crippen LogP contribution is 2.19. The second-order valence-electron chi connectivity index (χ2n) is 6.61. The highest BCUT2D eigenvalue weighted by atomic mass is 16.1. The highest BCUT2D eigenvalue weighted by Gasteiger charge is 2.17. The third-order valence-electron chi connectivity index (χ3n) is 4.94. The molecule has 1 saturated heterocycles. The molecule has 1 fully saturated rings. The van der Waals surface area contributed by atoms with Crippen LogP contribution in [0.25, 0.3) is 0 Å². The minimum absolute atomic E-state index is 0.121. The summed E-state index contributed by atoms with van der Waals surface area (Å²) in [5.41, 5.74) is 4.80. The van der Waals surface area contributed by atoms with Crippen molar-refractivity contribution in [3.05, 3.63) is 53.3 Å². The quantitative estimate of drug-likeness (QED) is 0.931. The van der Waals surface area contributed by atoms with E-state index in [2.05, 4.69) is 33.9 Å². The Hall–Kier alpha value is -2.40. The molecule has 132 valence electrons. The molecule has 0 bridgehead atoms. The average Bonchev–Trinajstić information content (AvgIpc) is 2.65. The van der Waals surface area contributed by atoms with Gasteiger partial charge in [0.25, 0.3) is 5.91 Å². The van der Waals surface area contributed by atoms with Gasteiger partial charge in [-0.3, -0.25) is 9.78 Å². The van der Waals surface area contributed by atoms with Gasteiger partial charge in [-0.05, 0) is 49.7 Å². The van der Waals surface area contributed by atoms with E-state index in [0.29, 0.717) is 5.56 Å². The van der Waals surface area contributed by atoms with Crippen LogP contribution in [0.1, 0.15) is 28.4 Å². The number of aryl methyl sites for hydroxylation is 2. The Morgan fingerprint density at radius 2 is 1.84 bits per heavy atom. The van der Waals surface area contributed by atoms with E-state index in [1.54, 1.807) is 6.20 Å². The van der Waals surface area contributed by atoms with Gasteiger partial charge in [-0.15, -0.1) is 0 Å². The summed E-state index contributed by atoms with van der Waals surface area (Å²) in [4.78, 5) is 21.6. The van der Waals surface area contributed by atoms with Gasteiger partial charge in [0.15, 0.2) is 0 Å². The predicted molar refractivity (Wildman–Crippen MR) is 102 cm³/mol. The molecule has 0 aliphatic carbocycles. The fraction of sp³-hybridized carbons (Fsp3) is 0.400. The molecule has 1 N–H and O–H groups in total. The number of carbonyl (C=O) groups excluding carboxylic acids is 1. The van der Waals surface area contributed by atoms with E-state index < -0.39 is 0 Å². The molecule has 0 radical (unpaired) electrons. The molecule has 25 heavy (non-hydrogen) atoms. The Morgan fingerprint density at radius 3 is 2.52 bits per heavy atom. The van der Waals surface area contributed by atoms with E-state index in [1.165, 1.54) is 11.1 Å². The molecule has 1 aliphatic rings. The molecule has 3 rings (SSSR count). The van der Waals surface area contributed by atoms with Crippen molar-refractivity contribution < 1.29 is 4.79 Å². The van der Waals surface area contributed by atoms with Crippen molar-refractivity contribution in [1.82, 2.24) is 9.88 Å². The van der Waals surface area contributed by atoms with Crippen LogP contribution < -0.4 is 10.2 Å². The molecule has 1 aromatic heterocycles. The van der Waals surface area contributed by atoms with Gasteiger partial charge in [0, 0.05) is 38.1 Å². The van der Waals surface area contributed by atoms with Crippen LogP contribution in [0, 0.1) is 13.8 Å². The summed E-state index contributed by atoms with van der Waals surface area (Å²) in [5, 5.41) is 2.97. The maximum Gasteiger partial charge on any atom is 0.257 e. The number of hydrogen-bond acceptors (Lipinski definition) is 4. The van der Waals surface area contributed by atoms with Crippen LogP contribution in [-0.4, -0.2) is 48.5 Å². The number of nitrogens with one attached hydrogen (secondary N) is 1. The zero-order valence-electron chi connectivity index (χ0n) is 15.2. The fourth-order valence-corrected chi connectivity index (χ4v) is 3.07. The summed E-state index contributed by atoms with van der Waals surface area (Å²) in [5.74, 6) is -0.121. The largest absolute Gasteiger partial charge is 0.368 e. The Morgan fingerprint density at radius 1 is 1.08 bits per heavy atom. The fourth-order valence-electron chi connectivity index (χ4n) is 3.07. The molecule has 1 aromatic carbocycles. The molecule has 0 spiro atoms. The number of anilines is 2. The number of carbonyl (C=O) groups is 1. The molecular weight excluding hydrogens is 312 g/mol. The number of benzene rings is 1. The van der Waals surface area contributed by atoms with Crippen LogP contribution in [0.4, 0.5) is 11.4 Å². The van der Waals surface area contributed by atoms with Crippen molar-refractivity contribution >= 4 is 17.3 Å². The lowest BCUT2D eigenvalue weighted by Crippen LogP contribution is -2.46. The molecule has 0 saturated carbocycles. The van der Waals surface area contributed by atoms with Gasteiger partial charge < -0.3 is 15.1 Å². The Kier molecular flexibility index (Phi) is 5.34. The molecule has 1 amide bonds. The van der Waals surface area contributed by atoms with E-state index in [9.17, 15) is 4.79 Å². The Balaban J connectivity index is 1.70. The first kappa shape index (κ1) is 17.4. The molecular formula is C20H26N4O. The van der Waals surface area contributed by atoms with E-state index in [-0.39, 0.29) is 5.91 Å². The smallest absolute Gasteiger partial charge is 0.257 e. The topological polar surface area (TPSA) is 48.5 Å². The van der Waals surface area contributed by atoms with Crippen LogP contribution in [0.5, 0.6) is 0 Å². The van der Waals surface area contributed by atoms with Crippen molar-refractivity contribution in [1.29, 1.82) is 0 Å². The van der Waals surface area contributed by atoms with Crippen LogP contribution in [0.15, 0.2) is 36.7 Å². The minimum atomic E-state index is -0.121. The Bertz CT molecular complexity index is 751. The summed E-state index contributed by atoms with van der Waals surface area (Å²) >= 11 is 0. The van der Waals surface area contributed by atoms with Crippen molar-refractivity contribution in [3.63, 3.8) is 0 Å². The lowest BCUT2D eigenvalue weighted by atomic mass is 10.1. The maximum absolute atomic E-state index is 12.6. The average molecular weight is 338 g/mol. The van der Waals surface area contributed by atoms with Gasteiger partial charge >= 0.3 is 0 Å². The lowest BCUT2D eigenvalue weighted by Gasteiger charge is -2.35. The molecule has 5 nitrogen and oxygen atoms in total. The summed E-state index contributed by atoms with van der Waals surface area (Å²) in [6.45, 7) is 11.4. The molecule has 5 heteroatoms. The summed E-state index contributed by atoms with van der Waals surface area (Å²) in [6.07, 6.45) is 3.47. The molecule has 0 unspecified atom stereocenters. The number of piperazine rings is 1. The van der Waals surface area contributed by atoms with Gasteiger partial charge in [0.05, 0.1) is 17.4 Å². The van der Waals surface area contributed by atoms with Crippen molar-refractivity contribution in [2.45, 2.75) is 20.8 Å². The standard InChI is InChI=1S/C20H26N4O/c1-4-23-7-9-24(10-8-23)19-12-17(13-21-14-19)20(25)22-18-6-5-15(2)16(3)11-18/h5-6,11-14H,4,7-10H2,1-3H3,(H,22,25). The van der Waals surface area contributed by atoms with Crippen molar-refractivity contribution in [3.8, 4) is 0 Å². The van der Waals surface area contributed by atoms with Gasteiger partial charge in [0.1, 0.15) is 0 Å². The van der Waals surface area contributed by atoms with E-state index in [1.807, 2.05) is 37.4 Å². The van der Waals surface area contributed by atoms with E-state index in [0.717, 1.165) is 44.1 Å². The number of pyridine rings is 1. The van der Waals surface area contributed by atoms with Crippen molar-refractivity contribution in [2.75, 3.05) is 42.9 Å². The second-order valence-corrected chi connectivity index (χ2v) is 6.61. The van der Waals surface area contributed by atoms with Crippen LogP contribution in [0.3, 0.4) is 0 Å². The van der Waals surface area contributed by atoms with Gasteiger partial charge in [-0.1, -0.05) is 13.0 Å². The second kappa shape index (κ2) is 7.66. The summed E-state index contributed by atoms with van der Waals surface area (Å²) < 4.78 is 0. The number of amides is 1. The van der Waals surface area contributed by atoms with Gasteiger partial charge in [0.2, 0.25) is 0 Å². The first-order valence-electron chi connectivity index (χ1n) is 8.88. The zero-order chi connectivity index (χ0) is 17.8. The number of nitrogens with zero attached hydrogens (tertiary/aromatic N) is 3. The zero-order valence-corrected chi connectivity index (χ0v) is 15.2. The van der Waals surface area contributed by atoms with E-state index in [4.69, 9.17) is 0 Å². The SMILES string of the molecule is CCN1CCN(c2cncc(C(=O)Nc3ccc(C)c(C)c3)c2)CC1. The summed E-state index contributed by atoms with van der Waals surface area (Å²) in [6, 6.07) is 7.88. The number of hydrogen-bond donors (Lipinski definition) is 1. The summed E-state index contributed by atoms with van der Waals surface area (Å²) in [7, 11) is 0. The lowest BCUT2D eigenvalue weighted by molar-refractivity contribution is 0.102. The van der Waals surface area contributed by atoms with Crippen LogP contribution >= 0.6 is 0 Å². The normalized spacial score (nSPS) is 15.2. The van der Waals surface area contributed by atoms with E-state index >= 15 is 0 Å². The predicted octanol–water partition coefficient (Wildman–Crippen LogP) is 3.09. The highest BCUT2D eigenvalue weighted by molar-refractivity contribution is 6.04. The molecule has 0 atom stereocenters. The first-order valence-corrected chi connectivity index (χ1v) is 8.88.